The number of benzene rings is 1. The lowest BCUT2D eigenvalue weighted by Gasteiger charge is -2.09. The summed E-state index contributed by atoms with van der Waals surface area (Å²) in [6.07, 6.45) is 4.02. The molecule has 1 aromatic carbocycles. The number of hydrogen-bond acceptors (Lipinski definition) is 6. The van der Waals surface area contributed by atoms with Crippen molar-refractivity contribution in [1.29, 1.82) is 0 Å². The van der Waals surface area contributed by atoms with Crippen LogP contribution >= 0.6 is 0 Å². The maximum atomic E-state index is 11.0. The first-order valence-corrected chi connectivity index (χ1v) is 9.69. The minimum atomic E-state index is -3.26. The normalized spacial score (nSPS) is 11.8. The van der Waals surface area contributed by atoms with E-state index in [1.165, 1.54) is 26.4 Å². The molecular formula is C18H26N2O6S. The van der Waals surface area contributed by atoms with Crippen LogP contribution < -0.4 is 9.46 Å². The van der Waals surface area contributed by atoms with Crippen molar-refractivity contribution in [2.24, 2.45) is 0 Å². The van der Waals surface area contributed by atoms with Gasteiger partial charge in [0.05, 0.1) is 31.1 Å². The van der Waals surface area contributed by atoms with E-state index in [2.05, 4.69) is 11.3 Å². The summed E-state index contributed by atoms with van der Waals surface area (Å²) in [6, 6.07) is 5.30. The number of aryl methyl sites for hydroxylation is 1. The monoisotopic (exact) mass is 398 g/mol. The van der Waals surface area contributed by atoms with E-state index in [0.717, 1.165) is 11.8 Å². The molecule has 0 aromatic heterocycles. The van der Waals surface area contributed by atoms with Crippen LogP contribution in [0.1, 0.15) is 19.4 Å². The number of hydrogen-bond donors (Lipinski definition) is 1. The fraction of sp³-hybridized carbons (Fsp3) is 0.333. The molecule has 9 heteroatoms. The molecule has 0 aliphatic carbocycles. The highest BCUT2D eigenvalue weighted by atomic mass is 32.2. The Bertz CT molecular complexity index is 841. The molecule has 0 saturated heterocycles. The Kier molecular flexibility index (Phi) is 9.87. The molecule has 0 saturated carbocycles. The lowest BCUT2D eigenvalue weighted by atomic mass is 10.2. The number of anilines is 1. The number of sulfonamides is 1. The van der Waals surface area contributed by atoms with Crippen molar-refractivity contribution in [3.63, 3.8) is 0 Å². The number of rotatable bonds is 7. The lowest BCUT2D eigenvalue weighted by molar-refractivity contribution is -0.424. The first kappa shape index (κ1) is 24.2. The zero-order valence-electron chi connectivity index (χ0n) is 16.4. The van der Waals surface area contributed by atoms with Gasteiger partial charge in [0, 0.05) is 6.08 Å². The van der Waals surface area contributed by atoms with E-state index in [9.17, 15) is 18.5 Å². The van der Waals surface area contributed by atoms with Crippen LogP contribution in [0, 0.1) is 17.0 Å². The molecule has 0 fully saturated rings. The Morgan fingerprint density at radius 3 is 2.30 bits per heavy atom. The van der Waals surface area contributed by atoms with Gasteiger partial charge in [-0.05, 0) is 44.5 Å². The van der Waals surface area contributed by atoms with E-state index in [0.29, 0.717) is 17.0 Å². The molecule has 0 aliphatic rings. The van der Waals surface area contributed by atoms with Crippen LogP contribution in [-0.4, -0.2) is 33.8 Å². The topological polar surface area (TPSA) is 108 Å². The predicted octanol–water partition coefficient (Wildman–Crippen LogP) is 3.65. The minimum Gasteiger partial charge on any atom is -0.495 e. The van der Waals surface area contributed by atoms with Crippen LogP contribution in [0.25, 0.3) is 0 Å². The summed E-state index contributed by atoms with van der Waals surface area (Å²) in [5, 5.41) is 10.6. The standard InChI is InChI=1S/C9H13NO3S.C9H13NO3/c1-7-4-5-9(13-2)8(6-7)10-14(3,11)12;1-5-9(13-4)8(10(11)12)6-7(2)3/h4-6,10H,1-3H3;5-6H,2H2,1,3-4H3/b;8-6+,9-5+. The van der Waals surface area contributed by atoms with Gasteiger partial charge >= 0.3 is 5.70 Å². The van der Waals surface area contributed by atoms with Gasteiger partial charge < -0.3 is 9.47 Å². The Morgan fingerprint density at radius 2 is 1.93 bits per heavy atom. The molecule has 0 atom stereocenters. The molecule has 0 radical (unpaired) electrons. The molecule has 0 amide bonds. The van der Waals surface area contributed by atoms with E-state index in [1.807, 2.05) is 13.0 Å². The average molecular weight is 398 g/mol. The third kappa shape index (κ3) is 9.45. The van der Waals surface area contributed by atoms with Crippen LogP contribution in [-0.2, 0) is 14.8 Å². The molecule has 0 heterocycles. The molecule has 1 N–H and O–H groups in total. The molecule has 1 rings (SSSR count). The molecule has 0 spiro atoms. The van der Waals surface area contributed by atoms with Crippen molar-refractivity contribution in [3.05, 3.63) is 69.6 Å². The van der Waals surface area contributed by atoms with Gasteiger partial charge in [-0.3, -0.25) is 14.8 Å². The van der Waals surface area contributed by atoms with Gasteiger partial charge in [0.2, 0.25) is 10.0 Å². The van der Waals surface area contributed by atoms with Crippen molar-refractivity contribution >= 4 is 15.7 Å². The molecule has 8 nitrogen and oxygen atoms in total. The number of nitrogens with one attached hydrogen (secondary N) is 1. The van der Waals surface area contributed by atoms with E-state index in [1.54, 1.807) is 26.0 Å². The van der Waals surface area contributed by atoms with Gasteiger partial charge in [-0.2, -0.15) is 0 Å². The van der Waals surface area contributed by atoms with Gasteiger partial charge in [-0.15, -0.1) is 0 Å². The Labute approximate surface area is 160 Å². The third-order valence-electron chi connectivity index (χ3n) is 2.96. The Balaban J connectivity index is 0.000000503. The van der Waals surface area contributed by atoms with Gasteiger partial charge in [0.15, 0.2) is 5.76 Å². The van der Waals surface area contributed by atoms with Crippen molar-refractivity contribution in [2.45, 2.75) is 20.8 Å². The highest BCUT2D eigenvalue weighted by molar-refractivity contribution is 7.92. The summed E-state index contributed by atoms with van der Waals surface area (Å²) in [7, 11) is -0.364. The molecule has 150 valence electrons. The summed E-state index contributed by atoms with van der Waals surface area (Å²) >= 11 is 0. The highest BCUT2D eigenvalue weighted by Gasteiger charge is 2.16. The maximum absolute atomic E-state index is 11.0. The number of ether oxygens (including phenoxy) is 2. The first-order valence-electron chi connectivity index (χ1n) is 7.79. The van der Waals surface area contributed by atoms with Gasteiger partial charge in [-0.25, -0.2) is 8.42 Å². The van der Waals surface area contributed by atoms with Crippen molar-refractivity contribution in [3.8, 4) is 5.75 Å². The van der Waals surface area contributed by atoms with Gasteiger partial charge in [-0.1, -0.05) is 18.2 Å². The SMILES string of the molecule is C=C(C)/C=C(\C(=C/C)OC)[N+](=O)[O-].COc1ccc(C)cc1NS(C)(=O)=O. The summed E-state index contributed by atoms with van der Waals surface area (Å²) in [5.74, 6) is 0.758. The fourth-order valence-corrected chi connectivity index (χ4v) is 2.48. The quantitative estimate of drug-likeness (QED) is 0.325. The smallest absolute Gasteiger partial charge is 0.310 e. The van der Waals surface area contributed by atoms with E-state index in [-0.39, 0.29) is 11.5 Å². The lowest BCUT2D eigenvalue weighted by Crippen LogP contribution is -2.10. The molecule has 0 bridgehead atoms. The van der Waals surface area contributed by atoms with Gasteiger partial charge in [0.25, 0.3) is 0 Å². The van der Waals surface area contributed by atoms with Crippen LogP contribution in [0.3, 0.4) is 0 Å². The van der Waals surface area contributed by atoms with Crippen molar-refractivity contribution in [2.75, 3.05) is 25.2 Å². The van der Waals surface area contributed by atoms with Crippen LogP contribution in [0.15, 0.2) is 54.0 Å². The molecular weight excluding hydrogens is 372 g/mol. The van der Waals surface area contributed by atoms with Crippen molar-refractivity contribution in [1.82, 2.24) is 0 Å². The largest absolute Gasteiger partial charge is 0.495 e. The first-order chi connectivity index (χ1) is 12.4. The third-order valence-corrected chi connectivity index (χ3v) is 3.56. The van der Waals surface area contributed by atoms with Crippen LogP contribution in [0.4, 0.5) is 5.69 Å². The van der Waals surface area contributed by atoms with Crippen molar-refractivity contribution < 1.29 is 22.8 Å². The summed E-state index contributed by atoms with van der Waals surface area (Å²) in [4.78, 5) is 10.1. The highest BCUT2D eigenvalue weighted by Crippen LogP contribution is 2.25. The fourth-order valence-electron chi connectivity index (χ4n) is 1.92. The number of methoxy groups -OCH3 is 2. The van der Waals surface area contributed by atoms with Crippen LogP contribution in [0.5, 0.6) is 5.75 Å². The Hall–Kier alpha value is -2.81. The van der Waals surface area contributed by atoms with Gasteiger partial charge in [0.1, 0.15) is 5.75 Å². The zero-order chi connectivity index (χ0) is 21.2. The molecule has 0 unspecified atom stereocenters. The summed E-state index contributed by atoms with van der Waals surface area (Å²) < 4.78 is 34.3. The van der Waals surface area contributed by atoms with E-state index < -0.39 is 14.9 Å². The average Bonchev–Trinajstić information content (AvgIpc) is 2.54. The second-order valence-electron chi connectivity index (χ2n) is 5.57. The van der Waals surface area contributed by atoms with E-state index >= 15 is 0 Å². The minimum absolute atomic E-state index is 0.0718. The second-order valence-corrected chi connectivity index (χ2v) is 7.32. The number of allylic oxidation sites excluding steroid dienone is 3. The van der Waals surface area contributed by atoms with E-state index in [4.69, 9.17) is 9.47 Å². The second kappa shape index (κ2) is 11.0. The molecule has 1 aromatic rings. The summed E-state index contributed by atoms with van der Waals surface area (Å²) in [5.41, 5.74) is 1.98. The number of nitrogens with zero attached hydrogens (tertiary/aromatic N) is 1. The summed E-state index contributed by atoms with van der Waals surface area (Å²) in [6.45, 7) is 8.81. The molecule has 0 aliphatic heterocycles. The molecule has 27 heavy (non-hydrogen) atoms. The van der Waals surface area contributed by atoms with Crippen LogP contribution in [0.2, 0.25) is 0 Å². The zero-order valence-corrected chi connectivity index (χ0v) is 17.2. The Morgan fingerprint density at radius 1 is 1.33 bits per heavy atom. The maximum Gasteiger partial charge on any atom is 0.310 e. The number of nitro groups is 1. The predicted molar refractivity (Wildman–Crippen MR) is 107 cm³/mol.